The average molecular weight is 245 g/mol. The zero-order valence-electron chi connectivity index (χ0n) is 9.24. The fourth-order valence-corrected chi connectivity index (χ4v) is 3.04. The monoisotopic (exact) mass is 244 g/mol. The minimum atomic E-state index is 0.213. The fraction of sp³-hybridized carbons (Fsp3) is 0.818. The molecule has 0 N–H and O–H groups in total. The lowest BCUT2D eigenvalue weighted by atomic mass is 10.1. The van der Waals surface area contributed by atoms with Gasteiger partial charge in [-0.3, -0.25) is 0 Å². The molecule has 2 rings (SSSR count). The van der Waals surface area contributed by atoms with Gasteiger partial charge in [0.05, 0.1) is 0 Å². The van der Waals surface area contributed by atoms with Crippen LogP contribution in [0.5, 0.6) is 0 Å². The zero-order chi connectivity index (χ0) is 10.8. The molecule has 0 aliphatic heterocycles. The molecule has 1 aliphatic rings. The van der Waals surface area contributed by atoms with Gasteiger partial charge < -0.3 is 0 Å². The summed E-state index contributed by atoms with van der Waals surface area (Å²) in [5.74, 6) is 2.38. The smallest absolute Gasteiger partial charge is 0.145 e. The maximum atomic E-state index is 6.25. The molecule has 1 aliphatic carbocycles. The van der Waals surface area contributed by atoms with Crippen LogP contribution in [0.4, 0.5) is 0 Å². The Hall–Kier alpha value is -0.150. The highest BCUT2D eigenvalue weighted by molar-refractivity contribution is 7.05. The Kier molecular flexibility index (Phi) is 3.62. The quantitative estimate of drug-likeness (QED) is 0.740. The molecule has 0 saturated heterocycles. The summed E-state index contributed by atoms with van der Waals surface area (Å²) in [6.07, 6.45) is 4.48. The van der Waals surface area contributed by atoms with Gasteiger partial charge in [0.2, 0.25) is 0 Å². The number of rotatable bonds is 5. The van der Waals surface area contributed by atoms with Crippen LogP contribution in [0.25, 0.3) is 0 Å². The van der Waals surface area contributed by atoms with Gasteiger partial charge in [-0.1, -0.05) is 13.8 Å². The van der Waals surface area contributed by atoms with Crippen LogP contribution in [0, 0.1) is 5.92 Å². The highest BCUT2D eigenvalue weighted by atomic mass is 35.5. The van der Waals surface area contributed by atoms with Gasteiger partial charge in [-0.2, -0.15) is 4.37 Å². The Morgan fingerprint density at radius 1 is 1.47 bits per heavy atom. The summed E-state index contributed by atoms with van der Waals surface area (Å²) in [6, 6.07) is 0. The lowest BCUT2D eigenvalue weighted by molar-refractivity contribution is 0.561. The first-order chi connectivity index (χ1) is 7.15. The van der Waals surface area contributed by atoms with Crippen LogP contribution >= 0.6 is 23.1 Å². The van der Waals surface area contributed by atoms with E-state index in [-0.39, 0.29) is 5.38 Å². The normalized spacial score (nSPS) is 18.4. The summed E-state index contributed by atoms with van der Waals surface area (Å²) in [7, 11) is 0. The highest BCUT2D eigenvalue weighted by Crippen LogP contribution is 2.38. The fourth-order valence-electron chi connectivity index (χ4n) is 1.64. The second-order valence-corrected chi connectivity index (χ2v) is 6.21. The molecule has 1 atom stereocenters. The molecule has 1 saturated carbocycles. The summed E-state index contributed by atoms with van der Waals surface area (Å²) in [4.78, 5) is 4.54. The first kappa shape index (κ1) is 11.3. The van der Waals surface area contributed by atoms with E-state index in [0.717, 1.165) is 23.7 Å². The molecule has 0 radical (unpaired) electrons. The molecule has 15 heavy (non-hydrogen) atoms. The van der Waals surface area contributed by atoms with Gasteiger partial charge in [0.25, 0.3) is 0 Å². The molecule has 4 heteroatoms. The Labute approximate surface area is 100 Å². The number of nitrogens with zero attached hydrogens (tertiary/aromatic N) is 2. The minimum Gasteiger partial charge on any atom is -0.224 e. The van der Waals surface area contributed by atoms with E-state index in [0.29, 0.717) is 11.8 Å². The molecule has 1 heterocycles. The number of halogens is 1. The molecule has 0 aromatic carbocycles. The zero-order valence-corrected chi connectivity index (χ0v) is 10.8. The predicted molar refractivity (Wildman–Crippen MR) is 64.7 cm³/mol. The van der Waals surface area contributed by atoms with Gasteiger partial charge in [-0.15, -0.1) is 11.6 Å². The molecule has 1 aromatic rings. The summed E-state index contributed by atoms with van der Waals surface area (Å²) in [5, 5.41) is 1.32. The van der Waals surface area contributed by atoms with E-state index >= 15 is 0 Å². The van der Waals surface area contributed by atoms with Crippen molar-refractivity contribution in [2.24, 2.45) is 5.92 Å². The molecule has 2 nitrogen and oxygen atoms in total. The highest BCUT2D eigenvalue weighted by Gasteiger charge is 2.27. The Bertz CT molecular complexity index is 320. The minimum absolute atomic E-state index is 0.213. The molecule has 1 unspecified atom stereocenters. The van der Waals surface area contributed by atoms with Crippen LogP contribution in [-0.4, -0.2) is 14.7 Å². The Morgan fingerprint density at radius 2 is 2.20 bits per heavy atom. The van der Waals surface area contributed by atoms with Gasteiger partial charge >= 0.3 is 0 Å². The van der Waals surface area contributed by atoms with E-state index in [1.54, 1.807) is 0 Å². The van der Waals surface area contributed by atoms with Crippen molar-refractivity contribution in [3.8, 4) is 0 Å². The van der Waals surface area contributed by atoms with Crippen molar-refractivity contribution in [1.82, 2.24) is 9.36 Å². The molecule has 1 fully saturated rings. The largest absolute Gasteiger partial charge is 0.224 e. The third kappa shape index (κ3) is 3.42. The van der Waals surface area contributed by atoms with Crippen molar-refractivity contribution >= 4 is 23.1 Å². The number of aromatic nitrogens is 2. The van der Waals surface area contributed by atoms with E-state index in [2.05, 4.69) is 23.2 Å². The van der Waals surface area contributed by atoms with Crippen molar-refractivity contribution in [3.05, 3.63) is 10.8 Å². The van der Waals surface area contributed by atoms with Crippen molar-refractivity contribution in [1.29, 1.82) is 0 Å². The van der Waals surface area contributed by atoms with Gasteiger partial charge in [0.1, 0.15) is 10.8 Å². The predicted octanol–water partition coefficient (Wildman–Crippen LogP) is 3.61. The summed E-state index contributed by atoms with van der Waals surface area (Å²) in [5.41, 5.74) is 0. The molecule has 1 aromatic heterocycles. The van der Waals surface area contributed by atoms with Crippen LogP contribution in [0.1, 0.15) is 49.9 Å². The van der Waals surface area contributed by atoms with E-state index < -0.39 is 0 Å². The number of hydrogen-bond donors (Lipinski definition) is 0. The molecule has 0 amide bonds. The third-order valence-electron chi connectivity index (χ3n) is 2.55. The first-order valence-electron chi connectivity index (χ1n) is 5.61. The molecule has 84 valence electrons. The van der Waals surface area contributed by atoms with Crippen LogP contribution in [0.15, 0.2) is 0 Å². The van der Waals surface area contributed by atoms with Crippen molar-refractivity contribution in [3.63, 3.8) is 0 Å². The topological polar surface area (TPSA) is 25.8 Å². The molecule has 0 spiro atoms. The van der Waals surface area contributed by atoms with Gasteiger partial charge in [-0.05, 0) is 36.7 Å². The average Bonchev–Trinajstić information content (AvgIpc) is 2.87. The Balaban J connectivity index is 1.86. The van der Waals surface area contributed by atoms with Gasteiger partial charge in [-0.25, -0.2) is 4.98 Å². The van der Waals surface area contributed by atoms with Crippen molar-refractivity contribution in [2.75, 3.05) is 0 Å². The first-order valence-corrected chi connectivity index (χ1v) is 6.82. The van der Waals surface area contributed by atoms with Crippen molar-refractivity contribution in [2.45, 2.75) is 50.8 Å². The van der Waals surface area contributed by atoms with E-state index in [9.17, 15) is 0 Å². The van der Waals surface area contributed by atoms with Gasteiger partial charge in [0.15, 0.2) is 0 Å². The van der Waals surface area contributed by atoms with Crippen LogP contribution in [0.2, 0.25) is 0 Å². The van der Waals surface area contributed by atoms with Gasteiger partial charge in [0, 0.05) is 17.7 Å². The molecular weight excluding hydrogens is 228 g/mol. The Morgan fingerprint density at radius 3 is 2.80 bits per heavy atom. The maximum absolute atomic E-state index is 6.25. The van der Waals surface area contributed by atoms with E-state index in [4.69, 9.17) is 11.6 Å². The second-order valence-electron chi connectivity index (χ2n) is 4.75. The summed E-state index contributed by atoms with van der Waals surface area (Å²) >= 11 is 7.78. The van der Waals surface area contributed by atoms with E-state index in [1.807, 2.05) is 0 Å². The van der Waals surface area contributed by atoms with Crippen LogP contribution in [-0.2, 0) is 6.42 Å². The summed E-state index contributed by atoms with van der Waals surface area (Å²) < 4.78 is 4.38. The standard InChI is InChI=1S/C11H17ClN2S/c1-7(2)5-9(12)6-10-13-11(14-15-10)8-3-4-8/h7-9H,3-6H2,1-2H3. The van der Waals surface area contributed by atoms with Crippen LogP contribution in [0.3, 0.4) is 0 Å². The van der Waals surface area contributed by atoms with Crippen LogP contribution < -0.4 is 0 Å². The van der Waals surface area contributed by atoms with E-state index in [1.165, 1.54) is 24.4 Å². The molecule has 0 bridgehead atoms. The number of hydrogen-bond acceptors (Lipinski definition) is 3. The summed E-state index contributed by atoms with van der Waals surface area (Å²) in [6.45, 7) is 4.40. The number of alkyl halides is 1. The third-order valence-corrected chi connectivity index (χ3v) is 3.63. The maximum Gasteiger partial charge on any atom is 0.145 e. The lowest BCUT2D eigenvalue weighted by Gasteiger charge is -2.09. The SMILES string of the molecule is CC(C)CC(Cl)Cc1nc(C2CC2)ns1. The second kappa shape index (κ2) is 4.79. The molecular formula is C11H17ClN2S. The lowest BCUT2D eigenvalue weighted by Crippen LogP contribution is -2.06. The van der Waals surface area contributed by atoms with Crippen molar-refractivity contribution < 1.29 is 0 Å².